The van der Waals surface area contributed by atoms with Crippen molar-refractivity contribution in [2.75, 3.05) is 41.4 Å². The summed E-state index contributed by atoms with van der Waals surface area (Å²) in [5.74, 6) is 0.480. The van der Waals surface area contributed by atoms with Crippen molar-refractivity contribution in [3.05, 3.63) is 29.6 Å². The minimum absolute atomic E-state index is 0.0170. The molecule has 0 N–H and O–H groups in total. The van der Waals surface area contributed by atoms with Crippen molar-refractivity contribution in [1.29, 1.82) is 0 Å². The van der Waals surface area contributed by atoms with E-state index >= 15 is 0 Å². The van der Waals surface area contributed by atoms with Gasteiger partial charge in [0.05, 0.1) is 13.2 Å². The predicted octanol–water partition coefficient (Wildman–Crippen LogP) is 1.76. The second kappa shape index (κ2) is 7.75. The molecule has 1 aromatic rings. The fraction of sp³-hybridized carbons (Fsp3) is 0.588. The number of halogens is 1. The maximum absolute atomic E-state index is 14.1. The van der Waals surface area contributed by atoms with Gasteiger partial charge in [0.15, 0.2) is 0 Å². The van der Waals surface area contributed by atoms with Gasteiger partial charge in [0, 0.05) is 58.7 Å². The number of hydrogen-bond acceptors (Lipinski definition) is 4. The van der Waals surface area contributed by atoms with Crippen LogP contribution in [-0.2, 0) is 16.1 Å². The van der Waals surface area contributed by atoms with Gasteiger partial charge in [0.25, 0.3) is 0 Å². The van der Waals surface area contributed by atoms with E-state index in [4.69, 9.17) is 9.47 Å². The Bertz CT molecular complexity index is 551. The molecule has 5 nitrogen and oxygen atoms in total. The van der Waals surface area contributed by atoms with E-state index in [0.29, 0.717) is 37.4 Å². The van der Waals surface area contributed by atoms with E-state index in [9.17, 15) is 9.18 Å². The average Bonchev–Trinajstić information content (AvgIpc) is 2.90. The van der Waals surface area contributed by atoms with Crippen LogP contribution >= 0.6 is 0 Å². The number of likely N-dealkylation sites (tertiary alicyclic amines) is 1. The van der Waals surface area contributed by atoms with Crippen molar-refractivity contribution in [2.45, 2.75) is 19.1 Å². The first-order chi connectivity index (χ1) is 11.0. The monoisotopic (exact) mass is 324 g/mol. The number of nitrogens with zero attached hydrogens (tertiary/aromatic N) is 2. The van der Waals surface area contributed by atoms with E-state index in [1.165, 1.54) is 6.07 Å². The van der Waals surface area contributed by atoms with Crippen LogP contribution in [0.2, 0.25) is 0 Å². The second-order valence-corrected chi connectivity index (χ2v) is 6.14. The van der Waals surface area contributed by atoms with Gasteiger partial charge in [-0.3, -0.25) is 9.69 Å². The van der Waals surface area contributed by atoms with E-state index in [1.54, 1.807) is 45.3 Å². The molecule has 1 aliphatic heterocycles. The number of carbonyl (C=O) groups is 1. The molecule has 1 fully saturated rings. The minimum Gasteiger partial charge on any atom is -0.496 e. The lowest BCUT2D eigenvalue weighted by atomic mass is 10.0. The van der Waals surface area contributed by atoms with Crippen LogP contribution in [0, 0.1) is 11.7 Å². The van der Waals surface area contributed by atoms with Crippen LogP contribution in [0.25, 0.3) is 0 Å². The summed E-state index contributed by atoms with van der Waals surface area (Å²) in [4.78, 5) is 15.7. The van der Waals surface area contributed by atoms with E-state index in [-0.39, 0.29) is 23.7 Å². The molecule has 0 aliphatic carbocycles. The fourth-order valence-electron chi connectivity index (χ4n) is 3.03. The van der Waals surface area contributed by atoms with Crippen molar-refractivity contribution in [2.24, 2.45) is 5.92 Å². The normalized spacial score (nSPS) is 21.4. The topological polar surface area (TPSA) is 42.0 Å². The third-order valence-corrected chi connectivity index (χ3v) is 4.37. The molecule has 2 rings (SSSR count). The third-order valence-electron chi connectivity index (χ3n) is 4.37. The highest BCUT2D eigenvalue weighted by Crippen LogP contribution is 2.28. The second-order valence-electron chi connectivity index (χ2n) is 6.14. The molecule has 0 aromatic heterocycles. The van der Waals surface area contributed by atoms with Crippen LogP contribution in [0.4, 0.5) is 4.39 Å². The van der Waals surface area contributed by atoms with Crippen molar-refractivity contribution in [1.82, 2.24) is 9.80 Å². The van der Waals surface area contributed by atoms with Crippen LogP contribution in [0.5, 0.6) is 5.75 Å². The Balaban J connectivity index is 2.07. The molecule has 0 unspecified atom stereocenters. The molecule has 2 atom stereocenters. The number of methoxy groups -OCH3 is 2. The van der Waals surface area contributed by atoms with E-state index in [1.807, 2.05) is 0 Å². The van der Waals surface area contributed by atoms with E-state index in [0.717, 1.165) is 0 Å². The number of benzene rings is 1. The molecule has 0 saturated carbocycles. The highest BCUT2D eigenvalue weighted by molar-refractivity contribution is 5.75. The Morgan fingerprint density at radius 1 is 1.35 bits per heavy atom. The zero-order valence-electron chi connectivity index (χ0n) is 14.2. The molecule has 1 amide bonds. The first-order valence-corrected chi connectivity index (χ1v) is 7.73. The quantitative estimate of drug-likeness (QED) is 0.800. The summed E-state index contributed by atoms with van der Waals surface area (Å²) >= 11 is 0. The van der Waals surface area contributed by atoms with Gasteiger partial charge < -0.3 is 14.4 Å². The lowest BCUT2D eigenvalue weighted by Gasteiger charge is -2.19. The van der Waals surface area contributed by atoms with Crippen molar-refractivity contribution >= 4 is 5.91 Å². The SMILES string of the molecule is COc1cccc(F)c1CN1C[C@@H](CC(=O)N(C)C)[C@@H](OC)C1. The minimum atomic E-state index is -0.272. The molecule has 1 aromatic carbocycles. The summed E-state index contributed by atoms with van der Waals surface area (Å²) in [6, 6.07) is 4.84. The highest BCUT2D eigenvalue weighted by atomic mass is 19.1. The Hall–Kier alpha value is -1.66. The summed E-state index contributed by atoms with van der Waals surface area (Å²) in [7, 11) is 6.70. The largest absolute Gasteiger partial charge is 0.496 e. The third kappa shape index (κ3) is 4.20. The Morgan fingerprint density at radius 2 is 2.09 bits per heavy atom. The zero-order chi connectivity index (χ0) is 17.0. The molecular weight excluding hydrogens is 299 g/mol. The molecule has 0 radical (unpaired) electrons. The van der Waals surface area contributed by atoms with Gasteiger partial charge in [-0.05, 0) is 12.1 Å². The van der Waals surface area contributed by atoms with Gasteiger partial charge in [0.2, 0.25) is 5.91 Å². The highest BCUT2D eigenvalue weighted by Gasteiger charge is 2.35. The molecule has 0 spiro atoms. The Labute approximate surface area is 137 Å². The lowest BCUT2D eigenvalue weighted by molar-refractivity contribution is -0.130. The zero-order valence-corrected chi connectivity index (χ0v) is 14.2. The summed E-state index contributed by atoms with van der Waals surface area (Å²) < 4.78 is 24.9. The summed E-state index contributed by atoms with van der Waals surface area (Å²) in [5.41, 5.74) is 0.546. The Morgan fingerprint density at radius 3 is 2.70 bits per heavy atom. The number of ether oxygens (including phenoxy) is 2. The first kappa shape index (κ1) is 17.7. The van der Waals surface area contributed by atoms with E-state index in [2.05, 4.69) is 4.90 Å². The number of amides is 1. The number of carbonyl (C=O) groups excluding carboxylic acids is 1. The van der Waals surface area contributed by atoms with Crippen LogP contribution in [0.15, 0.2) is 18.2 Å². The standard InChI is InChI=1S/C17H25FN2O3/c1-19(2)17(21)8-12-9-20(11-16(12)23-4)10-13-14(18)6-5-7-15(13)22-3/h5-7,12,16H,8-11H2,1-4H3/t12-,16+/m1/s1. The predicted molar refractivity (Wildman–Crippen MR) is 85.8 cm³/mol. The maximum Gasteiger partial charge on any atom is 0.222 e. The molecule has 23 heavy (non-hydrogen) atoms. The number of hydrogen-bond donors (Lipinski definition) is 0. The van der Waals surface area contributed by atoms with Gasteiger partial charge >= 0.3 is 0 Å². The van der Waals surface area contributed by atoms with Crippen LogP contribution in [0.1, 0.15) is 12.0 Å². The number of rotatable bonds is 6. The molecule has 6 heteroatoms. The smallest absolute Gasteiger partial charge is 0.222 e. The van der Waals surface area contributed by atoms with Gasteiger partial charge in [-0.1, -0.05) is 6.07 Å². The van der Waals surface area contributed by atoms with Crippen molar-refractivity contribution in [3.63, 3.8) is 0 Å². The molecule has 128 valence electrons. The summed E-state index contributed by atoms with van der Waals surface area (Å²) in [5, 5.41) is 0. The maximum atomic E-state index is 14.1. The first-order valence-electron chi connectivity index (χ1n) is 7.73. The summed E-state index contributed by atoms with van der Waals surface area (Å²) in [6.07, 6.45) is 0.424. The molecular formula is C17H25FN2O3. The van der Waals surface area contributed by atoms with Crippen LogP contribution in [-0.4, -0.2) is 63.2 Å². The molecule has 0 bridgehead atoms. The van der Waals surface area contributed by atoms with Crippen molar-refractivity contribution in [3.8, 4) is 5.75 Å². The molecule has 1 aliphatic rings. The van der Waals surface area contributed by atoms with Gasteiger partial charge in [-0.2, -0.15) is 0 Å². The van der Waals surface area contributed by atoms with Gasteiger partial charge in [-0.25, -0.2) is 4.39 Å². The van der Waals surface area contributed by atoms with Crippen LogP contribution in [0.3, 0.4) is 0 Å². The molecule has 1 heterocycles. The van der Waals surface area contributed by atoms with Gasteiger partial charge in [-0.15, -0.1) is 0 Å². The van der Waals surface area contributed by atoms with Crippen molar-refractivity contribution < 1.29 is 18.7 Å². The molecule has 1 saturated heterocycles. The lowest BCUT2D eigenvalue weighted by Crippen LogP contribution is -2.29. The van der Waals surface area contributed by atoms with E-state index < -0.39 is 0 Å². The summed E-state index contributed by atoms with van der Waals surface area (Å²) in [6.45, 7) is 1.83. The fourth-order valence-corrected chi connectivity index (χ4v) is 3.03. The average molecular weight is 324 g/mol. The Kier molecular flexibility index (Phi) is 5.96. The van der Waals surface area contributed by atoms with Crippen LogP contribution < -0.4 is 4.74 Å². The van der Waals surface area contributed by atoms with Gasteiger partial charge in [0.1, 0.15) is 11.6 Å².